The van der Waals surface area contributed by atoms with Crippen molar-refractivity contribution in [3.8, 4) is 0 Å². The van der Waals surface area contributed by atoms with Gasteiger partial charge in [0.2, 0.25) is 11.8 Å². The molecule has 5 nitrogen and oxygen atoms in total. The molecule has 1 aliphatic heterocycles. The number of nitrogen functional groups attached to an aromatic ring is 1. The Balaban J connectivity index is 1.61. The van der Waals surface area contributed by atoms with Crippen molar-refractivity contribution in [2.24, 2.45) is 5.92 Å². The van der Waals surface area contributed by atoms with Crippen LogP contribution in [0.5, 0.6) is 0 Å². The highest BCUT2D eigenvalue weighted by atomic mass is 16.2. The van der Waals surface area contributed by atoms with E-state index in [2.05, 4.69) is 5.32 Å². The van der Waals surface area contributed by atoms with E-state index in [9.17, 15) is 9.59 Å². The van der Waals surface area contributed by atoms with Gasteiger partial charge in [0.25, 0.3) is 0 Å². The standard InChI is InChI=1S/C21H25N3O2/c1-15-9-10-18(22)13-19(15)23-21(26)17-8-5-11-24(14-17)20(25)12-16-6-3-2-4-7-16/h2-4,6-7,9-10,13,17H,5,8,11-12,14,22H2,1H3,(H,23,26). The average molecular weight is 351 g/mol. The van der Waals surface area contributed by atoms with Crippen LogP contribution < -0.4 is 11.1 Å². The van der Waals surface area contributed by atoms with Crippen molar-refractivity contribution < 1.29 is 9.59 Å². The van der Waals surface area contributed by atoms with E-state index in [4.69, 9.17) is 5.73 Å². The number of benzene rings is 2. The molecule has 0 aromatic heterocycles. The first-order chi connectivity index (χ1) is 12.5. The highest BCUT2D eigenvalue weighted by molar-refractivity contribution is 5.94. The maximum absolute atomic E-state index is 12.7. The fraction of sp³-hybridized carbons (Fsp3) is 0.333. The van der Waals surface area contributed by atoms with Gasteiger partial charge in [-0.1, -0.05) is 36.4 Å². The molecule has 1 fully saturated rings. The van der Waals surface area contributed by atoms with Crippen molar-refractivity contribution in [1.29, 1.82) is 0 Å². The third-order valence-electron chi connectivity index (χ3n) is 4.86. The summed E-state index contributed by atoms with van der Waals surface area (Å²) in [5, 5.41) is 2.97. The van der Waals surface area contributed by atoms with Crippen molar-refractivity contribution in [3.63, 3.8) is 0 Å². The molecule has 0 spiro atoms. The van der Waals surface area contributed by atoms with Gasteiger partial charge < -0.3 is 16.0 Å². The van der Waals surface area contributed by atoms with E-state index in [0.717, 1.165) is 29.7 Å². The minimum absolute atomic E-state index is 0.0455. The number of hydrogen-bond donors (Lipinski definition) is 2. The highest BCUT2D eigenvalue weighted by Gasteiger charge is 2.28. The largest absolute Gasteiger partial charge is 0.399 e. The number of amides is 2. The first-order valence-corrected chi connectivity index (χ1v) is 9.01. The number of piperidine rings is 1. The lowest BCUT2D eigenvalue weighted by atomic mass is 9.96. The predicted molar refractivity (Wildman–Crippen MR) is 104 cm³/mol. The molecule has 5 heteroatoms. The summed E-state index contributed by atoms with van der Waals surface area (Å²) >= 11 is 0. The summed E-state index contributed by atoms with van der Waals surface area (Å²) in [4.78, 5) is 27.1. The van der Waals surface area contributed by atoms with Gasteiger partial charge in [-0.25, -0.2) is 0 Å². The summed E-state index contributed by atoms with van der Waals surface area (Å²) in [5.41, 5.74) is 9.14. The quantitative estimate of drug-likeness (QED) is 0.832. The van der Waals surface area contributed by atoms with Gasteiger partial charge in [0.05, 0.1) is 12.3 Å². The lowest BCUT2D eigenvalue weighted by molar-refractivity contribution is -0.133. The predicted octanol–water partition coefficient (Wildman–Crippen LogP) is 3.00. The summed E-state index contributed by atoms with van der Waals surface area (Å²) in [6, 6.07) is 15.2. The molecule has 0 radical (unpaired) electrons. The maximum Gasteiger partial charge on any atom is 0.229 e. The van der Waals surface area contributed by atoms with Gasteiger partial charge in [-0.3, -0.25) is 9.59 Å². The SMILES string of the molecule is Cc1ccc(N)cc1NC(=O)C1CCCN(C(=O)Cc2ccccc2)C1. The molecular formula is C21H25N3O2. The Bertz CT molecular complexity index is 789. The lowest BCUT2D eigenvalue weighted by Crippen LogP contribution is -2.44. The van der Waals surface area contributed by atoms with Crippen LogP contribution in [0.15, 0.2) is 48.5 Å². The Morgan fingerprint density at radius 1 is 1.19 bits per heavy atom. The number of rotatable bonds is 4. The molecule has 2 amide bonds. The van der Waals surface area contributed by atoms with E-state index in [1.54, 1.807) is 6.07 Å². The van der Waals surface area contributed by atoms with E-state index in [-0.39, 0.29) is 17.7 Å². The van der Waals surface area contributed by atoms with Crippen LogP contribution in [0.4, 0.5) is 11.4 Å². The molecular weight excluding hydrogens is 326 g/mol. The lowest BCUT2D eigenvalue weighted by Gasteiger charge is -2.32. The maximum atomic E-state index is 12.7. The number of nitrogens with two attached hydrogens (primary N) is 1. The van der Waals surface area contributed by atoms with Crippen LogP contribution in [0.1, 0.15) is 24.0 Å². The zero-order valence-electron chi connectivity index (χ0n) is 15.1. The molecule has 1 aliphatic rings. The number of anilines is 2. The van der Waals surface area contributed by atoms with Gasteiger partial charge in [0.15, 0.2) is 0 Å². The zero-order valence-corrected chi connectivity index (χ0v) is 15.1. The van der Waals surface area contributed by atoms with Crippen LogP contribution in [-0.4, -0.2) is 29.8 Å². The Labute approximate surface area is 154 Å². The first-order valence-electron chi connectivity index (χ1n) is 9.01. The number of aryl methyl sites for hydroxylation is 1. The molecule has 2 aromatic rings. The van der Waals surface area contributed by atoms with Gasteiger partial charge in [-0.15, -0.1) is 0 Å². The molecule has 0 bridgehead atoms. The fourth-order valence-electron chi connectivity index (χ4n) is 3.31. The number of carbonyl (C=O) groups is 2. The number of nitrogens with one attached hydrogen (secondary N) is 1. The average Bonchev–Trinajstić information content (AvgIpc) is 2.65. The van der Waals surface area contributed by atoms with Gasteiger partial charge in [0, 0.05) is 24.5 Å². The molecule has 1 unspecified atom stereocenters. The molecule has 2 aromatic carbocycles. The monoisotopic (exact) mass is 351 g/mol. The Hall–Kier alpha value is -2.82. The van der Waals surface area contributed by atoms with Crippen molar-refractivity contribution >= 4 is 23.2 Å². The highest BCUT2D eigenvalue weighted by Crippen LogP contribution is 2.22. The summed E-state index contributed by atoms with van der Waals surface area (Å²) in [6.07, 6.45) is 2.01. The number of carbonyl (C=O) groups excluding carboxylic acids is 2. The van der Waals surface area contributed by atoms with E-state index in [0.29, 0.717) is 25.2 Å². The number of nitrogens with zero attached hydrogens (tertiary/aromatic N) is 1. The zero-order chi connectivity index (χ0) is 18.5. The Kier molecular flexibility index (Phi) is 5.56. The molecule has 0 saturated carbocycles. The van der Waals surface area contributed by atoms with Crippen LogP contribution in [-0.2, 0) is 16.0 Å². The van der Waals surface area contributed by atoms with Crippen molar-refractivity contribution in [3.05, 3.63) is 59.7 Å². The van der Waals surface area contributed by atoms with Crippen LogP contribution in [0.25, 0.3) is 0 Å². The van der Waals surface area contributed by atoms with Gasteiger partial charge >= 0.3 is 0 Å². The molecule has 1 heterocycles. The number of hydrogen-bond acceptors (Lipinski definition) is 3. The third kappa shape index (κ3) is 4.42. The van der Waals surface area contributed by atoms with E-state index >= 15 is 0 Å². The van der Waals surface area contributed by atoms with E-state index < -0.39 is 0 Å². The van der Waals surface area contributed by atoms with Gasteiger partial charge in [-0.2, -0.15) is 0 Å². The van der Waals surface area contributed by atoms with Crippen LogP contribution in [0.3, 0.4) is 0 Å². The Morgan fingerprint density at radius 3 is 2.73 bits per heavy atom. The minimum Gasteiger partial charge on any atom is -0.399 e. The van der Waals surface area contributed by atoms with E-state index in [1.165, 1.54) is 0 Å². The summed E-state index contributed by atoms with van der Waals surface area (Å²) in [7, 11) is 0. The Morgan fingerprint density at radius 2 is 1.96 bits per heavy atom. The van der Waals surface area contributed by atoms with Crippen LogP contribution in [0, 0.1) is 12.8 Å². The number of likely N-dealkylation sites (tertiary alicyclic amines) is 1. The van der Waals surface area contributed by atoms with Crippen LogP contribution >= 0.6 is 0 Å². The molecule has 26 heavy (non-hydrogen) atoms. The molecule has 3 N–H and O–H groups in total. The second-order valence-corrected chi connectivity index (χ2v) is 6.90. The fourth-order valence-corrected chi connectivity index (χ4v) is 3.31. The minimum atomic E-state index is -0.190. The van der Waals surface area contributed by atoms with Crippen LogP contribution in [0.2, 0.25) is 0 Å². The molecule has 3 rings (SSSR count). The van der Waals surface area contributed by atoms with Crippen molar-refractivity contribution in [2.75, 3.05) is 24.1 Å². The second kappa shape index (κ2) is 8.04. The first kappa shape index (κ1) is 18.0. The topological polar surface area (TPSA) is 75.4 Å². The van der Waals surface area contributed by atoms with Crippen molar-refractivity contribution in [2.45, 2.75) is 26.2 Å². The summed E-state index contributed by atoms with van der Waals surface area (Å²) in [5.74, 6) is -0.158. The van der Waals surface area contributed by atoms with Gasteiger partial charge in [-0.05, 0) is 43.0 Å². The van der Waals surface area contributed by atoms with Crippen molar-refractivity contribution in [1.82, 2.24) is 4.90 Å². The smallest absolute Gasteiger partial charge is 0.229 e. The summed E-state index contributed by atoms with van der Waals surface area (Å²) in [6.45, 7) is 3.12. The van der Waals surface area contributed by atoms with Gasteiger partial charge in [0.1, 0.15) is 0 Å². The molecule has 0 aliphatic carbocycles. The second-order valence-electron chi connectivity index (χ2n) is 6.90. The third-order valence-corrected chi connectivity index (χ3v) is 4.86. The van der Waals surface area contributed by atoms with E-state index in [1.807, 2.05) is 54.3 Å². The molecule has 1 atom stereocenters. The normalized spacial score (nSPS) is 17.0. The molecule has 136 valence electrons. The molecule has 1 saturated heterocycles. The summed E-state index contributed by atoms with van der Waals surface area (Å²) < 4.78 is 0.